The maximum absolute atomic E-state index is 12.7. The predicted molar refractivity (Wildman–Crippen MR) is 119 cm³/mol. The molecule has 32 heavy (non-hydrogen) atoms. The van der Waals surface area contributed by atoms with E-state index >= 15 is 0 Å². The van der Waals surface area contributed by atoms with Crippen LogP contribution in [0.15, 0.2) is 24.3 Å². The Morgan fingerprint density at radius 3 is 2.97 bits per heavy atom. The van der Waals surface area contributed by atoms with Crippen LogP contribution in [-0.4, -0.2) is 55.9 Å². The van der Waals surface area contributed by atoms with E-state index in [0.717, 1.165) is 17.3 Å². The van der Waals surface area contributed by atoms with Gasteiger partial charge in [0.05, 0.1) is 38.6 Å². The average molecular weight is 438 g/mol. The van der Waals surface area contributed by atoms with Gasteiger partial charge in [0.1, 0.15) is 11.4 Å². The lowest BCUT2D eigenvalue weighted by Crippen LogP contribution is -2.40. The summed E-state index contributed by atoms with van der Waals surface area (Å²) in [5.41, 5.74) is 1.19. The van der Waals surface area contributed by atoms with Gasteiger partial charge in [-0.15, -0.1) is 12.3 Å². The van der Waals surface area contributed by atoms with E-state index in [1.165, 1.54) is 0 Å². The third kappa shape index (κ3) is 5.79. The molecule has 9 nitrogen and oxygen atoms in total. The van der Waals surface area contributed by atoms with Crippen molar-refractivity contribution in [3.05, 3.63) is 30.0 Å². The number of terminal acetylenes is 1. The van der Waals surface area contributed by atoms with Gasteiger partial charge in [-0.1, -0.05) is 6.07 Å². The van der Waals surface area contributed by atoms with Gasteiger partial charge in [-0.3, -0.25) is 14.9 Å². The molecule has 4 N–H and O–H groups in total. The van der Waals surface area contributed by atoms with Crippen LogP contribution in [0, 0.1) is 29.6 Å². The molecule has 2 aromatic rings. The first-order valence-electron chi connectivity index (χ1n) is 10.4. The molecule has 1 aromatic carbocycles. The fraction of sp³-hybridized carbons (Fsp3) is 0.435. The van der Waals surface area contributed by atoms with Crippen molar-refractivity contribution < 1.29 is 19.1 Å². The molecule has 3 rings (SSSR count). The van der Waals surface area contributed by atoms with Crippen molar-refractivity contribution in [1.29, 1.82) is 5.26 Å². The number of benzene rings is 1. The molecule has 1 aliphatic heterocycles. The van der Waals surface area contributed by atoms with Crippen LogP contribution >= 0.6 is 0 Å². The summed E-state index contributed by atoms with van der Waals surface area (Å²) >= 11 is 0. The lowest BCUT2D eigenvalue weighted by atomic mass is 9.99. The first-order valence-corrected chi connectivity index (χ1v) is 10.4. The number of H-pyrrole nitrogens is 1. The Hall–Kier alpha value is -3.53. The summed E-state index contributed by atoms with van der Waals surface area (Å²) in [6.45, 7) is 0.927. The van der Waals surface area contributed by atoms with Crippen molar-refractivity contribution in [2.45, 2.75) is 31.3 Å². The first kappa shape index (κ1) is 23.1. The van der Waals surface area contributed by atoms with Crippen molar-refractivity contribution >= 4 is 22.7 Å². The largest absolute Gasteiger partial charge is 0.496 e. The summed E-state index contributed by atoms with van der Waals surface area (Å²) in [5.74, 6) is 2.74. The normalized spacial score (nSPS) is 17.2. The molecule has 1 saturated heterocycles. The van der Waals surface area contributed by atoms with E-state index in [1.54, 1.807) is 13.2 Å². The minimum absolute atomic E-state index is 0.0145. The Balaban J connectivity index is 1.50. The van der Waals surface area contributed by atoms with Crippen LogP contribution in [0.5, 0.6) is 5.75 Å². The van der Waals surface area contributed by atoms with Crippen molar-refractivity contribution in [2.75, 3.05) is 27.0 Å². The van der Waals surface area contributed by atoms with Gasteiger partial charge in [0.2, 0.25) is 5.91 Å². The number of aromatic nitrogens is 1. The molecular weight excluding hydrogens is 410 g/mol. The molecule has 3 unspecified atom stereocenters. The van der Waals surface area contributed by atoms with Crippen LogP contribution in [-0.2, 0) is 9.53 Å². The third-order valence-electron chi connectivity index (χ3n) is 5.38. The van der Waals surface area contributed by atoms with Gasteiger partial charge in [-0.05, 0) is 31.0 Å². The summed E-state index contributed by atoms with van der Waals surface area (Å²) in [4.78, 5) is 27.5. The Bertz CT molecular complexity index is 1040. The SMILES string of the molecule is C#CCC(COCNC(C#N)CC1CCNC1=O)NC(=O)c1cc2c(OC)cccc2[nH]1. The summed E-state index contributed by atoms with van der Waals surface area (Å²) in [6.07, 6.45) is 6.90. The van der Waals surface area contributed by atoms with Gasteiger partial charge < -0.3 is 25.1 Å². The second kappa shape index (κ2) is 11.2. The Morgan fingerprint density at radius 2 is 2.28 bits per heavy atom. The number of nitrogens with zero attached hydrogens (tertiary/aromatic N) is 1. The highest BCUT2D eigenvalue weighted by Gasteiger charge is 2.27. The van der Waals surface area contributed by atoms with E-state index in [4.69, 9.17) is 15.9 Å². The number of carbonyl (C=O) groups is 2. The van der Waals surface area contributed by atoms with Gasteiger partial charge in [0.15, 0.2) is 0 Å². The van der Waals surface area contributed by atoms with Gasteiger partial charge in [0, 0.05) is 29.8 Å². The highest BCUT2D eigenvalue weighted by molar-refractivity contribution is 5.99. The molecule has 1 aromatic heterocycles. The maximum atomic E-state index is 12.7. The first-order chi connectivity index (χ1) is 15.5. The van der Waals surface area contributed by atoms with Crippen molar-refractivity contribution in [3.8, 4) is 24.2 Å². The van der Waals surface area contributed by atoms with Crippen molar-refractivity contribution in [1.82, 2.24) is 20.9 Å². The summed E-state index contributed by atoms with van der Waals surface area (Å²) in [6, 6.07) is 8.52. The number of nitrogens with one attached hydrogen (secondary N) is 4. The lowest BCUT2D eigenvalue weighted by Gasteiger charge is -2.18. The quantitative estimate of drug-likeness (QED) is 0.238. The molecule has 168 valence electrons. The molecule has 0 radical (unpaired) electrons. The molecule has 1 aliphatic rings. The summed E-state index contributed by atoms with van der Waals surface area (Å²) in [5, 5.41) is 18.7. The maximum Gasteiger partial charge on any atom is 0.268 e. The zero-order valence-electron chi connectivity index (χ0n) is 17.9. The van der Waals surface area contributed by atoms with Crippen LogP contribution in [0.1, 0.15) is 29.8 Å². The van der Waals surface area contributed by atoms with Gasteiger partial charge in [0.25, 0.3) is 5.91 Å². The van der Waals surface area contributed by atoms with Crippen LogP contribution in [0.2, 0.25) is 0 Å². The Labute approximate surface area is 186 Å². The number of amides is 2. The molecule has 9 heteroatoms. The lowest BCUT2D eigenvalue weighted by molar-refractivity contribution is -0.122. The average Bonchev–Trinajstić information content (AvgIpc) is 3.41. The second-order valence-electron chi connectivity index (χ2n) is 7.60. The Kier molecular flexibility index (Phi) is 8.09. The van der Waals surface area contributed by atoms with E-state index in [1.807, 2.05) is 18.2 Å². The minimum Gasteiger partial charge on any atom is -0.496 e. The molecule has 0 spiro atoms. The molecule has 2 amide bonds. The number of fused-ring (bicyclic) bond motifs is 1. The molecular formula is C23H27N5O4. The highest BCUT2D eigenvalue weighted by Crippen LogP contribution is 2.26. The smallest absolute Gasteiger partial charge is 0.268 e. The number of ether oxygens (including phenoxy) is 2. The van der Waals surface area contributed by atoms with Gasteiger partial charge >= 0.3 is 0 Å². The fourth-order valence-corrected chi connectivity index (χ4v) is 3.68. The molecule has 3 atom stereocenters. The number of carbonyl (C=O) groups excluding carboxylic acids is 2. The predicted octanol–water partition coefficient (Wildman–Crippen LogP) is 1.28. The third-order valence-corrected chi connectivity index (χ3v) is 5.38. The second-order valence-corrected chi connectivity index (χ2v) is 7.60. The minimum atomic E-state index is -0.495. The summed E-state index contributed by atoms with van der Waals surface area (Å²) < 4.78 is 10.9. The van der Waals surface area contributed by atoms with Crippen LogP contribution in [0.25, 0.3) is 10.9 Å². The van der Waals surface area contributed by atoms with E-state index < -0.39 is 12.1 Å². The number of rotatable bonds is 11. The zero-order chi connectivity index (χ0) is 22.9. The van der Waals surface area contributed by atoms with E-state index in [0.29, 0.717) is 30.8 Å². The number of nitriles is 1. The highest BCUT2D eigenvalue weighted by atomic mass is 16.5. The number of aromatic amines is 1. The van der Waals surface area contributed by atoms with Crippen molar-refractivity contribution in [3.63, 3.8) is 0 Å². The molecule has 2 heterocycles. The van der Waals surface area contributed by atoms with Crippen molar-refractivity contribution in [2.24, 2.45) is 5.92 Å². The van der Waals surface area contributed by atoms with E-state index in [-0.39, 0.29) is 31.1 Å². The number of hydrogen-bond donors (Lipinski definition) is 4. The van der Waals surface area contributed by atoms with E-state index in [2.05, 4.69) is 32.9 Å². The standard InChI is InChI=1S/C23H27N5O4/c1-3-5-16(13-32-14-26-17(12-24)10-15-8-9-25-22(15)29)27-23(30)20-11-18-19(28-20)6-4-7-21(18)31-2/h1,4,6-7,11,15-17,26,28H,5,8-10,13-14H2,2H3,(H,25,29)(H,27,30). The Morgan fingerprint density at radius 1 is 1.44 bits per heavy atom. The van der Waals surface area contributed by atoms with Gasteiger partial charge in [-0.25, -0.2) is 0 Å². The summed E-state index contributed by atoms with van der Waals surface area (Å²) in [7, 11) is 1.58. The number of hydrogen-bond acceptors (Lipinski definition) is 6. The molecule has 0 saturated carbocycles. The fourth-order valence-electron chi connectivity index (χ4n) is 3.68. The van der Waals surface area contributed by atoms with E-state index in [9.17, 15) is 14.9 Å². The molecule has 0 aliphatic carbocycles. The number of methoxy groups -OCH3 is 1. The molecule has 0 bridgehead atoms. The van der Waals surface area contributed by atoms with Crippen LogP contribution in [0.4, 0.5) is 0 Å². The topological polar surface area (TPSA) is 128 Å². The zero-order valence-corrected chi connectivity index (χ0v) is 17.9. The molecule has 1 fully saturated rings. The van der Waals surface area contributed by atoms with Crippen LogP contribution in [0.3, 0.4) is 0 Å². The van der Waals surface area contributed by atoms with Gasteiger partial charge in [-0.2, -0.15) is 5.26 Å². The monoisotopic (exact) mass is 437 g/mol. The van der Waals surface area contributed by atoms with Crippen LogP contribution < -0.4 is 20.7 Å².